The Morgan fingerprint density at radius 3 is 2.32 bits per heavy atom. The number of benzene rings is 1. The molecule has 0 aliphatic carbocycles. The predicted molar refractivity (Wildman–Crippen MR) is 84.2 cm³/mol. The molecule has 1 aromatic carbocycles. The smallest absolute Gasteiger partial charge is 0.0681 e. The first-order valence-corrected chi connectivity index (χ1v) is 7.12. The molecule has 0 aliphatic rings. The second-order valence-electron chi connectivity index (χ2n) is 4.51. The molecule has 1 N–H and O–H groups in total. The van der Waals surface area contributed by atoms with Crippen molar-refractivity contribution >= 4 is 23.5 Å². The van der Waals surface area contributed by atoms with Gasteiger partial charge in [-0.05, 0) is 42.7 Å². The molecule has 0 radical (unpaired) electrons. The van der Waals surface area contributed by atoms with Crippen LogP contribution >= 0.6 is 11.3 Å². The largest absolute Gasteiger partial charge is 0.392 e. The van der Waals surface area contributed by atoms with E-state index in [1.54, 1.807) is 0 Å². The third-order valence-corrected chi connectivity index (χ3v) is 4.13. The average molecular weight is 270 g/mol. The Kier molecular flexibility index (Phi) is 4.72. The Balaban J connectivity index is 1.98. The van der Waals surface area contributed by atoms with Gasteiger partial charge in [0.25, 0.3) is 0 Å². The summed E-state index contributed by atoms with van der Waals surface area (Å²) in [5, 5.41) is 8.96. The van der Waals surface area contributed by atoms with Crippen molar-refractivity contribution in [2.75, 3.05) is 0 Å². The average Bonchev–Trinajstić information content (AvgIpc) is 2.74. The van der Waals surface area contributed by atoms with Crippen LogP contribution < -0.4 is 0 Å². The second kappa shape index (κ2) is 6.50. The van der Waals surface area contributed by atoms with E-state index in [-0.39, 0.29) is 6.61 Å². The van der Waals surface area contributed by atoms with E-state index in [1.807, 2.05) is 41.7 Å². The second-order valence-corrected chi connectivity index (χ2v) is 5.79. The summed E-state index contributed by atoms with van der Waals surface area (Å²) >= 11 is 1.82. The molecule has 0 saturated heterocycles. The quantitative estimate of drug-likeness (QED) is 0.806. The molecule has 2 aromatic rings. The Hall–Kier alpha value is -1.64. The van der Waals surface area contributed by atoms with Gasteiger partial charge in [-0.15, -0.1) is 11.3 Å². The minimum absolute atomic E-state index is 0.0982. The fraction of sp³-hybridized carbons (Fsp3) is 0.176. The van der Waals surface area contributed by atoms with Crippen LogP contribution in [0, 0.1) is 13.8 Å². The van der Waals surface area contributed by atoms with Crippen molar-refractivity contribution in [2.24, 2.45) is 0 Å². The summed E-state index contributed by atoms with van der Waals surface area (Å²) in [6.45, 7) is 4.39. The minimum atomic E-state index is 0.0982. The van der Waals surface area contributed by atoms with E-state index in [9.17, 15) is 0 Å². The zero-order valence-corrected chi connectivity index (χ0v) is 12.1. The third kappa shape index (κ3) is 3.91. The highest BCUT2D eigenvalue weighted by Gasteiger charge is 1.96. The Labute approximate surface area is 118 Å². The zero-order valence-electron chi connectivity index (χ0n) is 11.3. The topological polar surface area (TPSA) is 20.2 Å². The van der Waals surface area contributed by atoms with E-state index in [0.29, 0.717) is 0 Å². The molecule has 2 rings (SSSR count). The van der Waals surface area contributed by atoms with Crippen LogP contribution in [-0.2, 0) is 6.61 Å². The minimum Gasteiger partial charge on any atom is -0.392 e. The van der Waals surface area contributed by atoms with Crippen LogP contribution in [0.1, 0.15) is 26.4 Å². The molecule has 98 valence electrons. The highest BCUT2D eigenvalue weighted by Crippen LogP contribution is 2.21. The van der Waals surface area contributed by atoms with Crippen molar-refractivity contribution in [3.63, 3.8) is 0 Å². The molecule has 0 fully saturated rings. The number of hydrogen-bond acceptors (Lipinski definition) is 2. The van der Waals surface area contributed by atoms with Gasteiger partial charge in [0.2, 0.25) is 0 Å². The molecule has 1 aromatic heterocycles. The van der Waals surface area contributed by atoms with E-state index < -0.39 is 0 Å². The maximum absolute atomic E-state index is 8.96. The summed E-state index contributed by atoms with van der Waals surface area (Å²) in [6, 6.07) is 10.1. The standard InChI is InChI=1S/C17H18OS/c1-13-11-17(19-14(13)2)6-4-3-5-15-7-9-16(12-18)10-8-15/h3-11,18H,12H2,1-2H3/b5-3+,6-4+. The fourth-order valence-electron chi connectivity index (χ4n) is 1.74. The highest BCUT2D eigenvalue weighted by molar-refractivity contribution is 7.13. The van der Waals surface area contributed by atoms with E-state index in [1.165, 1.54) is 15.3 Å². The molecule has 0 saturated carbocycles. The molecule has 0 aliphatic heterocycles. The van der Waals surface area contributed by atoms with E-state index in [2.05, 4.69) is 38.1 Å². The van der Waals surface area contributed by atoms with Crippen LogP contribution in [0.2, 0.25) is 0 Å². The third-order valence-electron chi connectivity index (χ3n) is 3.01. The fourth-order valence-corrected chi connectivity index (χ4v) is 2.69. The highest BCUT2D eigenvalue weighted by atomic mass is 32.1. The van der Waals surface area contributed by atoms with E-state index in [0.717, 1.165) is 11.1 Å². The number of aliphatic hydroxyl groups is 1. The van der Waals surface area contributed by atoms with Crippen molar-refractivity contribution in [3.8, 4) is 0 Å². The number of aryl methyl sites for hydroxylation is 2. The van der Waals surface area contributed by atoms with E-state index >= 15 is 0 Å². The first-order chi connectivity index (χ1) is 9.19. The molecule has 1 nitrogen and oxygen atoms in total. The van der Waals surface area contributed by atoms with Gasteiger partial charge in [0.05, 0.1) is 6.61 Å². The molecule has 0 bridgehead atoms. The van der Waals surface area contributed by atoms with Crippen LogP contribution in [0.3, 0.4) is 0 Å². The number of allylic oxidation sites excluding steroid dienone is 2. The predicted octanol–water partition coefficient (Wildman–Crippen LogP) is 4.58. The van der Waals surface area contributed by atoms with Crippen LogP contribution in [0.4, 0.5) is 0 Å². The van der Waals surface area contributed by atoms with Gasteiger partial charge >= 0.3 is 0 Å². The molecule has 1 heterocycles. The molecule has 19 heavy (non-hydrogen) atoms. The van der Waals surface area contributed by atoms with Gasteiger partial charge in [0.15, 0.2) is 0 Å². The Bertz CT molecular complexity index is 569. The van der Waals surface area contributed by atoms with Gasteiger partial charge in [-0.1, -0.05) is 42.5 Å². The van der Waals surface area contributed by atoms with Gasteiger partial charge in [-0.2, -0.15) is 0 Å². The van der Waals surface area contributed by atoms with Crippen molar-refractivity contribution in [2.45, 2.75) is 20.5 Å². The van der Waals surface area contributed by atoms with Gasteiger partial charge in [-0.3, -0.25) is 0 Å². The Morgan fingerprint density at radius 2 is 1.74 bits per heavy atom. The summed E-state index contributed by atoms with van der Waals surface area (Å²) in [7, 11) is 0. The van der Waals surface area contributed by atoms with Gasteiger partial charge in [0.1, 0.15) is 0 Å². The maximum atomic E-state index is 8.96. The van der Waals surface area contributed by atoms with Gasteiger partial charge in [0, 0.05) is 9.75 Å². The lowest BCUT2D eigenvalue weighted by atomic mass is 10.1. The first-order valence-electron chi connectivity index (χ1n) is 6.30. The lowest BCUT2D eigenvalue weighted by molar-refractivity contribution is 0.282. The summed E-state index contributed by atoms with van der Waals surface area (Å²) in [6.07, 6.45) is 8.29. The van der Waals surface area contributed by atoms with Crippen molar-refractivity contribution < 1.29 is 5.11 Å². The van der Waals surface area contributed by atoms with Crippen LogP contribution in [0.25, 0.3) is 12.2 Å². The first kappa shape index (κ1) is 13.8. The van der Waals surface area contributed by atoms with Crippen molar-refractivity contribution in [3.05, 3.63) is 68.9 Å². The summed E-state index contributed by atoms with van der Waals surface area (Å²) in [4.78, 5) is 2.67. The summed E-state index contributed by atoms with van der Waals surface area (Å²) in [5.74, 6) is 0. The molecular formula is C17H18OS. The molecular weight excluding hydrogens is 252 g/mol. The maximum Gasteiger partial charge on any atom is 0.0681 e. The number of rotatable bonds is 4. The molecule has 0 spiro atoms. The van der Waals surface area contributed by atoms with Crippen molar-refractivity contribution in [1.82, 2.24) is 0 Å². The molecule has 0 amide bonds. The van der Waals surface area contributed by atoms with Gasteiger partial charge in [-0.25, -0.2) is 0 Å². The number of hydrogen-bond donors (Lipinski definition) is 1. The lowest BCUT2D eigenvalue weighted by Crippen LogP contribution is -1.81. The SMILES string of the molecule is Cc1cc(/C=C/C=C/c2ccc(CO)cc2)sc1C. The normalized spacial score (nSPS) is 11.7. The van der Waals surface area contributed by atoms with Crippen molar-refractivity contribution in [1.29, 1.82) is 0 Å². The Morgan fingerprint density at radius 1 is 1.05 bits per heavy atom. The molecule has 2 heteroatoms. The number of thiophene rings is 1. The van der Waals surface area contributed by atoms with E-state index in [4.69, 9.17) is 5.11 Å². The molecule has 0 unspecified atom stereocenters. The van der Waals surface area contributed by atoms with Crippen LogP contribution in [0.5, 0.6) is 0 Å². The zero-order chi connectivity index (χ0) is 13.7. The lowest BCUT2D eigenvalue weighted by Gasteiger charge is -1.95. The summed E-state index contributed by atoms with van der Waals surface area (Å²) in [5.41, 5.74) is 3.44. The monoisotopic (exact) mass is 270 g/mol. The van der Waals surface area contributed by atoms with Gasteiger partial charge < -0.3 is 5.11 Å². The molecule has 0 atom stereocenters. The summed E-state index contributed by atoms with van der Waals surface area (Å²) < 4.78 is 0. The van der Waals surface area contributed by atoms with Crippen LogP contribution in [0.15, 0.2) is 42.5 Å². The number of aliphatic hydroxyl groups excluding tert-OH is 1. The van der Waals surface area contributed by atoms with Crippen LogP contribution in [-0.4, -0.2) is 5.11 Å².